The van der Waals surface area contributed by atoms with E-state index in [1.165, 1.54) is 51.7 Å². The largest absolute Gasteiger partial charge is 0.477 e. The number of tetrazole rings is 1. The van der Waals surface area contributed by atoms with Gasteiger partial charge in [-0.3, -0.25) is 14.5 Å². The quantitative estimate of drug-likeness (QED) is 0.0385. The number of nitrogens with zero attached hydrogens (tertiary/aromatic N) is 7. The monoisotopic (exact) mass is 796 g/mol. The maximum absolute atomic E-state index is 13.8. The van der Waals surface area contributed by atoms with Crippen molar-refractivity contribution in [3.8, 4) is 0 Å². The molecule has 2 aromatic heterocycles. The van der Waals surface area contributed by atoms with Gasteiger partial charge in [-0.1, -0.05) is 113 Å². The molecule has 3 aromatic carbocycles. The first-order chi connectivity index (χ1) is 26.7. The Balaban J connectivity index is 1.11. The molecule has 0 aliphatic carbocycles. The average Bonchev–Trinajstić information content (AvgIpc) is 3.86. The Hall–Kier alpha value is -5.72. The molecule has 0 radical (unpaired) electrons. The molecule has 55 heavy (non-hydrogen) atoms. The predicted octanol–water partition coefficient (Wildman–Crippen LogP) is 4.37. The van der Waals surface area contributed by atoms with Gasteiger partial charge in [-0.25, -0.2) is 9.78 Å². The number of carboxylic acids is 1. The third-order valence-electron chi connectivity index (χ3n) is 8.79. The molecule has 1 saturated heterocycles. The van der Waals surface area contributed by atoms with Crippen molar-refractivity contribution < 1.29 is 24.3 Å². The van der Waals surface area contributed by atoms with Crippen LogP contribution >= 0.6 is 34.9 Å². The number of nitrogens with one attached hydrogen (secondary N) is 3. The first-order valence-corrected chi connectivity index (χ1v) is 20.0. The molecule has 1 fully saturated rings. The van der Waals surface area contributed by atoms with E-state index in [1.807, 2.05) is 68.4 Å². The van der Waals surface area contributed by atoms with E-state index in [9.17, 15) is 19.5 Å². The number of thiazole rings is 1. The number of fused-ring (bicyclic) bond motifs is 1. The second-order valence-corrected chi connectivity index (χ2v) is 15.6. The molecule has 18 heteroatoms. The number of carbonyl (C=O) groups is 3. The van der Waals surface area contributed by atoms with E-state index in [4.69, 9.17) is 9.82 Å². The van der Waals surface area contributed by atoms with Gasteiger partial charge in [0.05, 0.1) is 0 Å². The topological polar surface area (TPSA) is 189 Å². The van der Waals surface area contributed by atoms with Gasteiger partial charge < -0.3 is 26.0 Å². The first-order valence-electron chi connectivity index (χ1n) is 17.1. The predicted molar refractivity (Wildman–Crippen MR) is 211 cm³/mol. The Bertz CT molecular complexity index is 2130. The lowest BCUT2D eigenvalue weighted by Gasteiger charge is -2.49. The van der Waals surface area contributed by atoms with Crippen LogP contribution in [0.25, 0.3) is 0 Å². The Kier molecular flexibility index (Phi) is 11.2. The van der Waals surface area contributed by atoms with Crippen LogP contribution in [0.1, 0.15) is 36.2 Å². The zero-order valence-electron chi connectivity index (χ0n) is 29.8. The van der Waals surface area contributed by atoms with Gasteiger partial charge in [0.15, 0.2) is 10.8 Å². The summed E-state index contributed by atoms with van der Waals surface area (Å²) in [4.78, 5) is 52.4. The van der Waals surface area contributed by atoms with Crippen molar-refractivity contribution in [1.29, 1.82) is 0 Å². The number of oxime groups is 1. The van der Waals surface area contributed by atoms with E-state index in [0.717, 1.165) is 16.7 Å². The molecule has 0 spiro atoms. The van der Waals surface area contributed by atoms with E-state index in [2.05, 4.69) is 73.1 Å². The van der Waals surface area contributed by atoms with Gasteiger partial charge in [0, 0.05) is 22.9 Å². The van der Waals surface area contributed by atoms with Crippen LogP contribution in [0, 0.1) is 0 Å². The minimum Gasteiger partial charge on any atom is -0.477 e. The molecule has 0 bridgehead atoms. The molecule has 2 aliphatic heterocycles. The van der Waals surface area contributed by atoms with Crippen LogP contribution in [0.2, 0.25) is 0 Å². The van der Waals surface area contributed by atoms with Crippen molar-refractivity contribution >= 4 is 63.5 Å². The number of aromatic nitrogens is 5. The zero-order valence-corrected chi connectivity index (χ0v) is 32.3. The molecule has 0 unspecified atom stereocenters. The van der Waals surface area contributed by atoms with E-state index in [1.54, 1.807) is 5.38 Å². The lowest BCUT2D eigenvalue weighted by Crippen LogP contribution is -2.71. The molecule has 2 amide bonds. The molecule has 15 nitrogen and oxygen atoms in total. The van der Waals surface area contributed by atoms with E-state index in [-0.39, 0.29) is 28.9 Å². The Morgan fingerprint density at radius 2 is 1.64 bits per heavy atom. The van der Waals surface area contributed by atoms with Gasteiger partial charge in [-0.05, 0) is 46.5 Å². The molecular weight excluding hydrogens is 761 g/mol. The van der Waals surface area contributed by atoms with Crippen LogP contribution < -0.4 is 16.1 Å². The van der Waals surface area contributed by atoms with Crippen molar-refractivity contribution in [2.45, 2.75) is 42.0 Å². The van der Waals surface area contributed by atoms with E-state index in [0.29, 0.717) is 21.6 Å². The summed E-state index contributed by atoms with van der Waals surface area (Å²) < 4.78 is 0. The van der Waals surface area contributed by atoms with Crippen molar-refractivity contribution in [3.05, 3.63) is 130 Å². The van der Waals surface area contributed by atoms with Crippen molar-refractivity contribution in [3.63, 3.8) is 0 Å². The van der Waals surface area contributed by atoms with Gasteiger partial charge in [0.25, 0.3) is 11.8 Å². The number of anilines is 1. The number of hydrogen-bond donors (Lipinski definition) is 4. The molecule has 4 heterocycles. The second kappa shape index (κ2) is 16.3. The highest BCUT2D eigenvalue weighted by molar-refractivity contribution is 8.01. The summed E-state index contributed by atoms with van der Waals surface area (Å²) in [5.41, 5.74) is 5.69. The van der Waals surface area contributed by atoms with Gasteiger partial charge in [-0.15, -0.1) is 27.9 Å². The molecule has 4 N–H and O–H groups in total. The third kappa shape index (κ3) is 7.52. The fourth-order valence-corrected chi connectivity index (χ4v) is 9.50. The Labute approximate surface area is 328 Å². The Morgan fingerprint density at radius 1 is 1.02 bits per heavy atom. The van der Waals surface area contributed by atoms with Crippen molar-refractivity contribution in [1.82, 2.24) is 35.5 Å². The van der Waals surface area contributed by atoms with Crippen LogP contribution in [0.3, 0.4) is 0 Å². The Morgan fingerprint density at radius 3 is 2.20 bits per heavy atom. The molecule has 7 rings (SSSR count). The summed E-state index contributed by atoms with van der Waals surface area (Å²) in [6, 6.07) is 29.2. The highest BCUT2D eigenvalue weighted by atomic mass is 32.2. The van der Waals surface area contributed by atoms with Crippen LogP contribution in [-0.4, -0.2) is 94.9 Å². The number of carbonyl (C=O) groups excluding carboxylic acids is 2. The summed E-state index contributed by atoms with van der Waals surface area (Å²) in [5.74, 6) is -1.91. The molecule has 5 aromatic rings. The number of aliphatic carboxylic acids is 1. The lowest BCUT2D eigenvalue weighted by atomic mass is 9.77. The molecule has 282 valence electrons. The normalized spacial score (nSPS) is 17.1. The van der Waals surface area contributed by atoms with Crippen molar-refractivity contribution in [2.24, 2.45) is 5.16 Å². The SMILES string of the molecule is CO/N=C(\C(=O)N[C@@H]1C(=O)N2C(C(=O)O)=C(CSc3nnnn3NC(C)C)CS[C@@H]12)c1csc(NC(c2ccccc2)(c2ccccc2)c2ccccc2)n1. The van der Waals surface area contributed by atoms with Crippen LogP contribution in [0.4, 0.5) is 5.13 Å². The summed E-state index contributed by atoms with van der Waals surface area (Å²) in [5, 5.41) is 34.3. The van der Waals surface area contributed by atoms with Gasteiger partial charge in [0.1, 0.15) is 35.5 Å². The van der Waals surface area contributed by atoms with Crippen molar-refractivity contribution in [2.75, 3.05) is 29.4 Å². The smallest absolute Gasteiger partial charge is 0.352 e. The number of amides is 2. The summed E-state index contributed by atoms with van der Waals surface area (Å²) in [6.45, 7) is 3.88. The van der Waals surface area contributed by atoms with Gasteiger partial charge >= 0.3 is 5.97 Å². The number of thioether (sulfide) groups is 2. The number of rotatable bonds is 15. The lowest BCUT2D eigenvalue weighted by molar-refractivity contribution is -0.150. The summed E-state index contributed by atoms with van der Waals surface area (Å²) in [6.07, 6.45) is 0. The minimum atomic E-state index is -1.24. The van der Waals surface area contributed by atoms with Gasteiger partial charge in [-0.2, -0.15) is 0 Å². The number of β-lactam (4-membered cyclic amide) rings is 1. The fourth-order valence-electron chi connectivity index (χ4n) is 6.43. The van der Waals surface area contributed by atoms with Gasteiger partial charge in [0.2, 0.25) is 5.16 Å². The first kappa shape index (κ1) is 37.6. The standard InChI is InChI=1S/C37H36N10O5S3/c1-22(2)42-47-36(41-44-45-47)55-20-23-19-53-33-29(32(49)46(33)30(23)34(50)51)39-31(48)28(43-52-3)27-21-54-35(38-27)40-37(24-13-7-4-8-14-24,25-15-9-5-10-16-25)26-17-11-6-12-18-26/h4-18,21-22,29,33,42H,19-20H2,1-3H3,(H,38,40)(H,39,48)(H,50,51)/b43-28-/t29-,33+/m1/s1. The third-order valence-corrected chi connectivity index (χ3v) is 11.9. The van der Waals surface area contributed by atoms with Crippen LogP contribution in [0.5, 0.6) is 0 Å². The van der Waals surface area contributed by atoms with Crippen LogP contribution in [0.15, 0.2) is 118 Å². The molecule has 2 atom stereocenters. The minimum absolute atomic E-state index is 0.0653. The molecular formula is C37H36N10O5S3. The molecule has 2 aliphatic rings. The van der Waals surface area contributed by atoms with E-state index >= 15 is 0 Å². The zero-order chi connectivity index (χ0) is 38.5. The fraction of sp³-hybridized carbons (Fsp3) is 0.243. The number of benzene rings is 3. The number of hydrogen-bond acceptors (Lipinski definition) is 14. The maximum Gasteiger partial charge on any atom is 0.352 e. The van der Waals surface area contributed by atoms with Crippen LogP contribution in [-0.2, 0) is 24.8 Å². The maximum atomic E-state index is 13.8. The number of carboxylic acid groups (broad SMARTS) is 1. The highest BCUT2D eigenvalue weighted by Gasteiger charge is 2.54. The average molecular weight is 797 g/mol. The highest BCUT2D eigenvalue weighted by Crippen LogP contribution is 2.42. The summed E-state index contributed by atoms with van der Waals surface area (Å²) in [7, 11) is 1.32. The van der Waals surface area contributed by atoms with E-state index < -0.39 is 34.7 Å². The second-order valence-electron chi connectivity index (χ2n) is 12.7. The summed E-state index contributed by atoms with van der Waals surface area (Å²) >= 11 is 3.90. The molecule has 0 saturated carbocycles.